The fourth-order valence-corrected chi connectivity index (χ4v) is 7.61. The zero-order valence-corrected chi connectivity index (χ0v) is 33.2. The van der Waals surface area contributed by atoms with Gasteiger partial charge in [0.05, 0.1) is 37.0 Å². The SMILES string of the molecule is COc1ccc2c(c1)N(C(=O)O)c1ccc(C=O)c(C(C)(C)C)c1C2(C)C.COc1ccc2c(c1)N(C(=O)OC(C)(C)C)c1ccc(C=O)cc1C2(C)C. The molecule has 10 heteroatoms. The summed E-state index contributed by atoms with van der Waals surface area (Å²) in [5.41, 5.74) is 6.43. The Kier molecular flexibility index (Phi) is 10.2. The summed E-state index contributed by atoms with van der Waals surface area (Å²) in [6.07, 6.45) is 0.135. The van der Waals surface area contributed by atoms with E-state index in [0.717, 1.165) is 46.1 Å². The number of methoxy groups -OCH3 is 2. The molecule has 4 aromatic carbocycles. The van der Waals surface area contributed by atoms with Crippen LogP contribution in [0.25, 0.3) is 0 Å². The highest BCUT2D eigenvalue weighted by atomic mass is 16.6. The molecule has 0 saturated heterocycles. The third-order valence-corrected chi connectivity index (χ3v) is 10.0. The van der Waals surface area contributed by atoms with Crippen LogP contribution in [0.5, 0.6) is 11.5 Å². The predicted octanol–water partition coefficient (Wildman–Crippen LogP) is 10.5. The summed E-state index contributed by atoms with van der Waals surface area (Å²) < 4.78 is 16.4. The summed E-state index contributed by atoms with van der Waals surface area (Å²) in [4.78, 5) is 51.3. The summed E-state index contributed by atoms with van der Waals surface area (Å²) in [5.74, 6) is 1.26. The second-order valence-electron chi connectivity index (χ2n) is 16.6. The molecule has 0 radical (unpaired) electrons. The Hall–Kier alpha value is -5.64. The minimum atomic E-state index is -1.07. The number of carbonyl (C=O) groups excluding carboxylic acids is 3. The number of aldehydes is 2. The van der Waals surface area contributed by atoms with Gasteiger partial charge in [-0.15, -0.1) is 0 Å². The molecule has 1 N–H and O–H groups in total. The first-order valence-corrected chi connectivity index (χ1v) is 17.8. The first-order chi connectivity index (χ1) is 25.1. The number of carbonyl (C=O) groups is 4. The van der Waals surface area contributed by atoms with Crippen molar-refractivity contribution in [2.75, 3.05) is 24.0 Å². The Morgan fingerprint density at radius 2 is 1.19 bits per heavy atom. The number of rotatable bonds is 4. The summed E-state index contributed by atoms with van der Waals surface area (Å²) in [6.45, 7) is 19.9. The number of amides is 2. The van der Waals surface area contributed by atoms with E-state index in [1.807, 2.05) is 77.9 Å². The smallest absolute Gasteiger partial charge is 0.419 e. The third kappa shape index (κ3) is 6.93. The Morgan fingerprint density at radius 1 is 0.648 bits per heavy atom. The molecule has 0 saturated carbocycles. The van der Waals surface area contributed by atoms with Crippen molar-refractivity contribution >= 4 is 47.5 Å². The highest BCUT2D eigenvalue weighted by molar-refractivity contribution is 6.02. The van der Waals surface area contributed by atoms with Gasteiger partial charge in [0.15, 0.2) is 0 Å². The number of anilines is 4. The largest absolute Gasteiger partial charge is 0.497 e. The van der Waals surface area contributed by atoms with Crippen LogP contribution in [0.1, 0.15) is 118 Å². The van der Waals surface area contributed by atoms with Gasteiger partial charge in [0, 0.05) is 34.1 Å². The van der Waals surface area contributed by atoms with E-state index in [1.165, 1.54) is 4.90 Å². The lowest BCUT2D eigenvalue weighted by atomic mass is 9.67. The van der Waals surface area contributed by atoms with Gasteiger partial charge in [-0.1, -0.05) is 60.6 Å². The average Bonchev–Trinajstić information content (AvgIpc) is 3.09. The maximum Gasteiger partial charge on any atom is 0.419 e. The predicted molar refractivity (Wildman–Crippen MR) is 211 cm³/mol. The fourth-order valence-electron chi connectivity index (χ4n) is 7.61. The molecule has 0 spiro atoms. The lowest BCUT2D eigenvalue weighted by Gasteiger charge is -2.43. The Morgan fingerprint density at radius 3 is 1.67 bits per heavy atom. The molecule has 284 valence electrons. The molecule has 0 bridgehead atoms. The van der Waals surface area contributed by atoms with Crippen LogP contribution in [0.3, 0.4) is 0 Å². The van der Waals surface area contributed by atoms with Gasteiger partial charge in [-0.05, 0) is 96.5 Å². The average molecular weight is 735 g/mol. The fraction of sp³-hybridized carbons (Fsp3) is 0.364. The van der Waals surface area contributed by atoms with Gasteiger partial charge in [0.25, 0.3) is 0 Å². The van der Waals surface area contributed by atoms with Crippen molar-refractivity contribution in [3.8, 4) is 11.5 Å². The van der Waals surface area contributed by atoms with E-state index in [0.29, 0.717) is 39.7 Å². The van der Waals surface area contributed by atoms with Gasteiger partial charge in [-0.2, -0.15) is 0 Å². The Bertz CT molecular complexity index is 2150. The van der Waals surface area contributed by atoms with Crippen LogP contribution in [-0.2, 0) is 21.0 Å². The number of fused-ring (bicyclic) bond motifs is 4. The molecular formula is C44H50N2O8. The Balaban J connectivity index is 0.000000208. The lowest BCUT2D eigenvalue weighted by Crippen LogP contribution is -2.39. The molecule has 0 aromatic heterocycles. The van der Waals surface area contributed by atoms with Crippen LogP contribution < -0.4 is 19.3 Å². The molecule has 10 nitrogen and oxygen atoms in total. The van der Waals surface area contributed by atoms with E-state index in [9.17, 15) is 24.3 Å². The number of benzene rings is 4. The van der Waals surface area contributed by atoms with Crippen LogP contribution >= 0.6 is 0 Å². The first kappa shape index (κ1) is 39.6. The van der Waals surface area contributed by atoms with Crippen molar-refractivity contribution in [1.82, 2.24) is 0 Å². The molecule has 0 aliphatic carbocycles. The van der Waals surface area contributed by atoms with Gasteiger partial charge in [0.2, 0.25) is 0 Å². The molecule has 2 amide bonds. The maximum absolute atomic E-state index is 13.1. The van der Waals surface area contributed by atoms with Crippen LogP contribution in [0.2, 0.25) is 0 Å². The molecule has 2 aliphatic rings. The normalized spacial score (nSPS) is 14.9. The van der Waals surface area contributed by atoms with Crippen LogP contribution in [-0.4, -0.2) is 49.7 Å². The molecule has 2 heterocycles. The molecular weight excluding hydrogens is 684 g/mol. The van der Waals surface area contributed by atoms with Crippen LogP contribution in [0, 0.1) is 0 Å². The number of carboxylic acid groups (broad SMARTS) is 1. The maximum atomic E-state index is 13.1. The summed E-state index contributed by atoms with van der Waals surface area (Å²) in [7, 11) is 3.15. The van der Waals surface area contributed by atoms with Crippen molar-refractivity contribution in [1.29, 1.82) is 0 Å². The molecule has 0 fully saturated rings. The first-order valence-electron chi connectivity index (χ1n) is 17.8. The highest BCUT2D eigenvalue weighted by Crippen LogP contribution is 2.54. The number of hydrogen-bond acceptors (Lipinski definition) is 7. The molecule has 2 aliphatic heterocycles. The molecule has 0 atom stereocenters. The van der Waals surface area contributed by atoms with E-state index in [2.05, 4.69) is 27.7 Å². The minimum absolute atomic E-state index is 0.326. The summed E-state index contributed by atoms with van der Waals surface area (Å²) in [5, 5.41) is 10.0. The zero-order valence-electron chi connectivity index (χ0n) is 33.2. The lowest BCUT2D eigenvalue weighted by molar-refractivity contribution is 0.0597. The number of ether oxygens (including phenoxy) is 3. The Labute approximate surface area is 317 Å². The van der Waals surface area contributed by atoms with Crippen molar-refractivity contribution in [2.45, 2.75) is 91.1 Å². The second-order valence-corrected chi connectivity index (χ2v) is 16.6. The van der Waals surface area contributed by atoms with Gasteiger partial charge in [0.1, 0.15) is 29.7 Å². The third-order valence-electron chi connectivity index (χ3n) is 10.0. The van der Waals surface area contributed by atoms with Gasteiger partial charge in [-0.3, -0.25) is 9.59 Å². The van der Waals surface area contributed by atoms with Crippen molar-refractivity contribution in [3.63, 3.8) is 0 Å². The second kappa shape index (κ2) is 14.0. The summed E-state index contributed by atoms with van der Waals surface area (Å²) in [6, 6.07) is 20.0. The minimum Gasteiger partial charge on any atom is -0.497 e. The van der Waals surface area contributed by atoms with E-state index < -0.39 is 28.6 Å². The molecule has 6 rings (SSSR count). The number of nitrogens with zero attached hydrogens (tertiary/aromatic N) is 2. The van der Waals surface area contributed by atoms with E-state index in [1.54, 1.807) is 49.5 Å². The van der Waals surface area contributed by atoms with E-state index >= 15 is 0 Å². The zero-order chi connectivity index (χ0) is 40.1. The van der Waals surface area contributed by atoms with Gasteiger partial charge in [-0.25, -0.2) is 19.4 Å². The van der Waals surface area contributed by atoms with Crippen molar-refractivity contribution < 1.29 is 38.5 Å². The van der Waals surface area contributed by atoms with Crippen molar-refractivity contribution in [2.24, 2.45) is 0 Å². The molecule has 0 unspecified atom stereocenters. The molecule has 54 heavy (non-hydrogen) atoms. The van der Waals surface area contributed by atoms with E-state index in [4.69, 9.17) is 14.2 Å². The summed E-state index contributed by atoms with van der Waals surface area (Å²) >= 11 is 0. The standard InChI is InChI=1S/2C22H25NO4/c1-21(2,3)27-20(25)23-18-10-7-14(13-24)11-17(18)22(4,5)16-9-8-15(26-6)12-19(16)23;1-21(2,3)18-13(12-24)7-10-16-19(18)22(4,5)15-9-8-14(27-6)11-17(15)23(16)20(25)26/h7-13H,1-6H3;7-12H,1-6H3,(H,25,26). The monoisotopic (exact) mass is 734 g/mol. The van der Waals surface area contributed by atoms with E-state index in [-0.39, 0.29) is 5.41 Å². The molecule has 4 aromatic rings. The quantitative estimate of drug-likeness (QED) is 0.206. The number of hydrogen-bond donors (Lipinski definition) is 1. The van der Waals surface area contributed by atoms with Crippen molar-refractivity contribution in [3.05, 3.63) is 106 Å². The van der Waals surface area contributed by atoms with Gasteiger partial charge < -0.3 is 19.3 Å². The topological polar surface area (TPSA) is 123 Å². The van der Waals surface area contributed by atoms with Crippen LogP contribution in [0.15, 0.2) is 66.7 Å². The highest BCUT2D eigenvalue weighted by Gasteiger charge is 2.43. The van der Waals surface area contributed by atoms with Gasteiger partial charge >= 0.3 is 12.2 Å². The van der Waals surface area contributed by atoms with Crippen LogP contribution in [0.4, 0.5) is 32.3 Å².